The Kier molecular flexibility index (Phi) is 5.17. The SMILES string of the molecule is Cc1sc2nc(C(C)N3CCC(C(=O)c4ccccc4)CC3)nc(N)c2c1C. The molecule has 1 aromatic carbocycles. The van der Waals surface area contributed by atoms with Crippen molar-refractivity contribution in [3.05, 3.63) is 52.2 Å². The maximum atomic E-state index is 12.7. The van der Waals surface area contributed by atoms with E-state index in [0.717, 1.165) is 47.5 Å². The lowest BCUT2D eigenvalue weighted by molar-refractivity contribution is 0.0796. The number of hydrogen-bond acceptors (Lipinski definition) is 6. The van der Waals surface area contributed by atoms with E-state index in [1.165, 1.54) is 10.4 Å². The number of piperidine rings is 1. The van der Waals surface area contributed by atoms with Gasteiger partial charge in [0.2, 0.25) is 0 Å². The van der Waals surface area contributed by atoms with Crippen LogP contribution in [0.3, 0.4) is 0 Å². The molecule has 1 aliphatic heterocycles. The largest absolute Gasteiger partial charge is 0.383 e. The maximum absolute atomic E-state index is 12.7. The minimum absolute atomic E-state index is 0.0854. The van der Waals surface area contributed by atoms with Gasteiger partial charge in [0.15, 0.2) is 5.78 Å². The van der Waals surface area contributed by atoms with Gasteiger partial charge in [-0.05, 0) is 52.3 Å². The summed E-state index contributed by atoms with van der Waals surface area (Å²) in [5, 5.41) is 0.991. The molecule has 1 atom stereocenters. The number of fused-ring (bicyclic) bond motifs is 1. The highest BCUT2D eigenvalue weighted by Gasteiger charge is 2.29. The second-order valence-electron chi connectivity index (χ2n) is 7.65. The average molecular weight is 395 g/mol. The Morgan fingerprint density at radius 1 is 1.18 bits per heavy atom. The normalized spacial score (nSPS) is 17.1. The minimum atomic E-state index is 0.0854. The number of Topliss-reactive ketones (excluding diaryl/α,β-unsaturated/α-hetero) is 1. The Balaban J connectivity index is 1.48. The van der Waals surface area contributed by atoms with Crippen LogP contribution < -0.4 is 5.73 Å². The van der Waals surface area contributed by atoms with Crippen LogP contribution in [0.5, 0.6) is 0 Å². The monoisotopic (exact) mass is 394 g/mol. The fourth-order valence-electron chi connectivity index (χ4n) is 4.03. The zero-order chi connectivity index (χ0) is 19.8. The molecule has 0 aliphatic carbocycles. The fourth-order valence-corrected chi connectivity index (χ4v) is 5.08. The smallest absolute Gasteiger partial charge is 0.166 e. The molecule has 0 radical (unpaired) electrons. The van der Waals surface area contributed by atoms with Gasteiger partial charge in [0.1, 0.15) is 16.5 Å². The highest BCUT2D eigenvalue weighted by Crippen LogP contribution is 2.34. The average Bonchev–Trinajstić information content (AvgIpc) is 3.01. The van der Waals surface area contributed by atoms with Crippen LogP contribution in [0.4, 0.5) is 5.82 Å². The predicted octanol–water partition coefficient (Wildman–Crippen LogP) is 4.55. The van der Waals surface area contributed by atoms with Crippen molar-refractivity contribution in [1.82, 2.24) is 14.9 Å². The van der Waals surface area contributed by atoms with E-state index in [9.17, 15) is 4.79 Å². The molecule has 0 saturated carbocycles. The maximum Gasteiger partial charge on any atom is 0.166 e. The molecule has 3 aromatic rings. The molecular formula is C22H26N4OS. The molecule has 2 aromatic heterocycles. The number of anilines is 1. The highest BCUT2D eigenvalue weighted by molar-refractivity contribution is 7.18. The van der Waals surface area contributed by atoms with Gasteiger partial charge in [-0.25, -0.2) is 9.97 Å². The first-order valence-corrected chi connectivity index (χ1v) is 10.6. The molecule has 3 heterocycles. The molecule has 1 fully saturated rings. The number of hydrogen-bond donors (Lipinski definition) is 1. The zero-order valence-electron chi connectivity index (χ0n) is 16.6. The number of nitrogens with two attached hydrogens (primary N) is 1. The van der Waals surface area contributed by atoms with E-state index >= 15 is 0 Å². The Morgan fingerprint density at radius 3 is 2.54 bits per heavy atom. The third-order valence-corrected chi connectivity index (χ3v) is 7.06. The molecule has 146 valence electrons. The van der Waals surface area contributed by atoms with Crippen molar-refractivity contribution in [3.63, 3.8) is 0 Å². The van der Waals surface area contributed by atoms with E-state index in [1.807, 2.05) is 30.3 Å². The Labute approximate surface area is 169 Å². The Morgan fingerprint density at radius 2 is 1.86 bits per heavy atom. The van der Waals surface area contributed by atoms with Crippen LogP contribution in [0.1, 0.15) is 52.4 Å². The van der Waals surface area contributed by atoms with Gasteiger partial charge >= 0.3 is 0 Å². The number of likely N-dealkylation sites (tertiary alicyclic amines) is 1. The quantitative estimate of drug-likeness (QED) is 0.658. The van der Waals surface area contributed by atoms with Gasteiger partial charge in [0, 0.05) is 16.4 Å². The van der Waals surface area contributed by atoms with Crippen LogP contribution in [0.25, 0.3) is 10.2 Å². The highest BCUT2D eigenvalue weighted by atomic mass is 32.1. The van der Waals surface area contributed by atoms with Crippen molar-refractivity contribution in [2.24, 2.45) is 5.92 Å². The molecule has 1 saturated heterocycles. The summed E-state index contributed by atoms with van der Waals surface area (Å²) in [6.07, 6.45) is 1.74. The molecule has 0 bridgehead atoms. The summed E-state index contributed by atoms with van der Waals surface area (Å²) in [6, 6.07) is 9.71. The van der Waals surface area contributed by atoms with E-state index in [4.69, 9.17) is 10.7 Å². The molecule has 0 spiro atoms. The molecule has 5 nitrogen and oxygen atoms in total. The van der Waals surface area contributed by atoms with Crippen molar-refractivity contribution in [2.75, 3.05) is 18.8 Å². The van der Waals surface area contributed by atoms with Gasteiger partial charge in [0.05, 0.1) is 11.4 Å². The van der Waals surface area contributed by atoms with Gasteiger partial charge < -0.3 is 5.73 Å². The third-order valence-electron chi connectivity index (χ3n) is 5.95. The number of benzene rings is 1. The Hall–Kier alpha value is -2.31. The molecule has 28 heavy (non-hydrogen) atoms. The number of nitrogens with zero attached hydrogens (tertiary/aromatic N) is 3. The van der Waals surface area contributed by atoms with Gasteiger partial charge in [-0.3, -0.25) is 9.69 Å². The van der Waals surface area contributed by atoms with E-state index < -0.39 is 0 Å². The van der Waals surface area contributed by atoms with Crippen LogP contribution in [-0.2, 0) is 0 Å². The number of thiophene rings is 1. The number of aromatic nitrogens is 2. The number of carbonyl (C=O) groups excluding carboxylic acids is 1. The van der Waals surface area contributed by atoms with Gasteiger partial charge in [-0.15, -0.1) is 11.3 Å². The van der Waals surface area contributed by atoms with Crippen LogP contribution in [-0.4, -0.2) is 33.7 Å². The summed E-state index contributed by atoms with van der Waals surface area (Å²) in [5.74, 6) is 1.71. The molecule has 4 rings (SSSR count). The molecule has 0 amide bonds. The third kappa shape index (κ3) is 3.42. The first kappa shape index (κ1) is 19.0. The van der Waals surface area contributed by atoms with Crippen molar-refractivity contribution in [3.8, 4) is 0 Å². The van der Waals surface area contributed by atoms with Gasteiger partial charge in [-0.1, -0.05) is 30.3 Å². The summed E-state index contributed by atoms with van der Waals surface area (Å²) in [4.78, 5) is 26.7. The number of aryl methyl sites for hydroxylation is 2. The van der Waals surface area contributed by atoms with Crippen molar-refractivity contribution < 1.29 is 4.79 Å². The predicted molar refractivity (Wildman–Crippen MR) is 115 cm³/mol. The Bertz CT molecular complexity index is 1010. The van der Waals surface area contributed by atoms with Crippen molar-refractivity contribution in [2.45, 2.75) is 39.7 Å². The number of nitrogen functional groups attached to an aromatic ring is 1. The van der Waals surface area contributed by atoms with E-state index in [-0.39, 0.29) is 17.7 Å². The lowest BCUT2D eigenvalue weighted by Crippen LogP contribution is -2.38. The van der Waals surface area contributed by atoms with Crippen LogP contribution >= 0.6 is 11.3 Å². The summed E-state index contributed by atoms with van der Waals surface area (Å²) in [5.41, 5.74) is 8.25. The van der Waals surface area contributed by atoms with Crippen molar-refractivity contribution in [1.29, 1.82) is 0 Å². The van der Waals surface area contributed by atoms with Crippen LogP contribution in [0, 0.1) is 19.8 Å². The van der Waals surface area contributed by atoms with Gasteiger partial charge in [-0.2, -0.15) is 0 Å². The summed E-state index contributed by atoms with van der Waals surface area (Å²) >= 11 is 1.68. The fraction of sp³-hybridized carbons (Fsp3) is 0.409. The summed E-state index contributed by atoms with van der Waals surface area (Å²) < 4.78 is 0. The molecule has 2 N–H and O–H groups in total. The first-order valence-electron chi connectivity index (χ1n) is 9.82. The van der Waals surface area contributed by atoms with Crippen LogP contribution in [0.2, 0.25) is 0 Å². The van der Waals surface area contributed by atoms with E-state index in [1.54, 1.807) is 11.3 Å². The standard InChI is InChI=1S/C22H26N4OS/c1-13-15(3)28-22-18(13)20(23)24-21(25-22)14(2)26-11-9-17(10-12-26)19(27)16-7-5-4-6-8-16/h4-8,14,17H,9-12H2,1-3H3,(H2,23,24,25). The van der Waals surface area contributed by atoms with E-state index in [0.29, 0.717) is 5.82 Å². The van der Waals surface area contributed by atoms with E-state index in [2.05, 4.69) is 30.7 Å². The zero-order valence-corrected chi connectivity index (χ0v) is 17.4. The molecular weight excluding hydrogens is 368 g/mol. The molecule has 1 unspecified atom stereocenters. The summed E-state index contributed by atoms with van der Waals surface area (Å²) in [6.45, 7) is 8.04. The topological polar surface area (TPSA) is 72.1 Å². The van der Waals surface area contributed by atoms with Crippen molar-refractivity contribution >= 4 is 33.2 Å². The number of rotatable bonds is 4. The second kappa shape index (κ2) is 7.60. The number of carbonyl (C=O) groups is 1. The van der Waals surface area contributed by atoms with Gasteiger partial charge in [0.25, 0.3) is 0 Å². The first-order chi connectivity index (χ1) is 13.5. The minimum Gasteiger partial charge on any atom is -0.383 e. The second-order valence-corrected chi connectivity index (χ2v) is 8.85. The molecule has 1 aliphatic rings. The number of ketones is 1. The summed E-state index contributed by atoms with van der Waals surface area (Å²) in [7, 11) is 0. The van der Waals surface area contributed by atoms with Crippen LogP contribution in [0.15, 0.2) is 30.3 Å². The lowest BCUT2D eigenvalue weighted by Gasteiger charge is -2.34. The molecule has 6 heteroatoms. The lowest BCUT2D eigenvalue weighted by atomic mass is 9.88.